The first-order chi connectivity index (χ1) is 7.31. The van der Waals surface area contributed by atoms with Gasteiger partial charge < -0.3 is 0 Å². The molecule has 2 fully saturated rings. The highest BCUT2D eigenvalue weighted by atomic mass is 31.2. The van der Waals surface area contributed by atoms with Gasteiger partial charge in [0.2, 0.25) is 0 Å². The van der Waals surface area contributed by atoms with Crippen molar-refractivity contribution in [2.24, 2.45) is 0 Å². The fourth-order valence-electron chi connectivity index (χ4n) is 2.52. The van der Waals surface area contributed by atoms with Crippen LogP contribution in [0.15, 0.2) is 30.3 Å². The fraction of sp³-hybridized carbons (Fsp3) is 0.455. The van der Waals surface area contributed by atoms with Gasteiger partial charge in [0.05, 0.1) is 11.3 Å². The van der Waals surface area contributed by atoms with Gasteiger partial charge >= 0.3 is 0 Å². The van der Waals surface area contributed by atoms with Crippen molar-refractivity contribution in [1.82, 2.24) is 4.67 Å². The standard InChI is InChI=1S/C11H14BNOP/c12-15(11-6-2-1-3-7-11)13-8-4-5-10(13)9-14-15/h1-3,6-7,10H,4-5,8-9H2/t10-,15?/m0/s1. The maximum Gasteiger partial charge on any atom is 0.106 e. The van der Waals surface area contributed by atoms with E-state index in [0.29, 0.717) is 6.04 Å². The van der Waals surface area contributed by atoms with Crippen molar-refractivity contribution in [3.63, 3.8) is 0 Å². The number of hydrogen-bond acceptors (Lipinski definition) is 2. The number of fused-ring (bicyclic) bond motifs is 1. The van der Waals surface area contributed by atoms with Gasteiger partial charge in [-0.15, -0.1) is 0 Å². The lowest BCUT2D eigenvalue weighted by atomic mass is 10.2. The minimum absolute atomic E-state index is 0.573. The van der Waals surface area contributed by atoms with E-state index in [4.69, 9.17) is 12.1 Å². The van der Waals surface area contributed by atoms with E-state index in [2.05, 4.69) is 16.8 Å². The molecule has 2 atom stereocenters. The second-order valence-corrected chi connectivity index (χ2v) is 6.75. The van der Waals surface area contributed by atoms with E-state index < -0.39 is 7.52 Å². The Kier molecular flexibility index (Phi) is 2.35. The number of benzene rings is 1. The van der Waals surface area contributed by atoms with E-state index in [9.17, 15) is 0 Å². The zero-order chi connectivity index (χ0) is 10.3. The van der Waals surface area contributed by atoms with E-state index in [1.807, 2.05) is 18.2 Å². The molecule has 2 nitrogen and oxygen atoms in total. The second kappa shape index (κ2) is 3.59. The molecule has 15 heavy (non-hydrogen) atoms. The lowest BCUT2D eigenvalue weighted by Crippen LogP contribution is -2.28. The van der Waals surface area contributed by atoms with Crippen molar-refractivity contribution in [2.75, 3.05) is 13.2 Å². The van der Waals surface area contributed by atoms with Crippen LogP contribution in [0.1, 0.15) is 12.8 Å². The van der Waals surface area contributed by atoms with Gasteiger partial charge in [-0.1, -0.05) is 18.2 Å². The van der Waals surface area contributed by atoms with Crippen LogP contribution >= 0.6 is 7.52 Å². The van der Waals surface area contributed by atoms with Gasteiger partial charge in [0.1, 0.15) is 6.61 Å². The van der Waals surface area contributed by atoms with Crippen molar-refractivity contribution in [1.29, 1.82) is 0 Å². The van der Waals surface area contributed by atoms with Crippen molar-refractivity contribution in [2.45, 2.75) is 18.9 Å². The van der Waals surface area contributed by atoms with Gasteiger partial charge in [-0.3, -0.25) is 4.52 Å². The summed E-state index contributed by atoms with van der Waals surface area (Å²) in [6, 6.07) is 10.9. The molecule has 0 N–H and O–H groups in total. The molecule has 1 unspecified atom stereocenters. The molecule has 0 saturated carbocycles. The Morgan fingerprint density at radius 3 is 2.93 bits per heavy atom. The van der Waals surface area contributed by atoms with Crippen molar-refractivity contribution < 1.29 is 4.52 Å². The van der Waals surface area contributed by atoms with Crippen molar-refractivity contribution >= 4 is 20.4 Å². The van der Waals surface area contributed by atoms with Crippen LogP contribution in [0.3, 0.4) is 0 Å². The molecule has 2 aliphatic rings. The molecule has 2 aliphatic heterocycles. The third-order valence-corrected chi connectivity index (χ3v) is 6.19. The number of hydrogen-bond donors (Lipinski definition) is 0. The Bertz CT molecular complexity index is 361. The van der Waals surface area contributed by atoms with E-state index in [0.717, 1.165) is 13.2 Å². The molecule has 3 rings (SSSR count). The van der Waals surface area contributed by atoms with Crippen LogP contribution in [0.2, 0.25) is 0 Å². The maximum absolute atomic E-state index is 6.48. The first-order valence-electron chi connectivity index (χ1n) is 5.45. The molecule has 77 valence electrons. The number of rotatable bonds is 1. The summed E-state index contributed by atoms with van der Waals surface area (Å²) >= 11 is 0. The molecule has 2 heterocycles. The molecular weight excluding hydrogens is 204 g/mol. The Balaban J connectivity index is 1.97. The minimum atomic E-state index is -1.94. The van der Waals surface area contributed by atoms with Crippen LogP contribution in [0, 0.1) is 0 Å². The highest BCUT2D eigenvalue weighted by Crippen LogP contribution is 2.64. The smallest absolute Gasteiger partial charge is 0.106 e. The minimum Gasteiger partial charge on any atom is -0.269 e. The normalized spacial score (nSPS) is 35.7. The largest absolute Gasteiger partial charge is 0.269 e. The predicted molar refractivity (Wildman–Crippen MR) is 64.4 cm³/mol. The average Bonchev–Trinajstić information content (AvgIpc) is 2.85. The Hall–Kier alpha value is -0.365. The summed E-state index contributed by atoms with van der Waals surface area (Å²) in [5.41, 5.74) is 0. The topological polar surface area (TPSA) is 12.5 Å². The fourth-order valence-corrected chi connectivity index (χ4v) is 5.22. The molecule has 0 aromatic heterocycles. The van der Waals surface area contributed by atoms with Gasteiger partial charge in [0.25, 0.3) is 0 Å². The molecule has 1 aromatic carbocycles. The van der Waals surface area contributed by atoms with Crippen molar-refractivity contribution in [3.8, 4) is 0 Å². The van der Waals surface area contributed by atoms with Crippen LogP contribution in [0.25, 0.3) is 0 Å². The molecule has 0 aliphatic carbocycles. The zero-order valence-corrected chi connectivity index (χ0v) is 9.57. The van der Waals surface area contributed by atoms with Gasteiger partial charge in [0, 0.05) is 6.54 Å². The summed E-state index contributed by atoms with van der Waals surface area (Å²) < 4.78 is 8.31. The first kappa shape index (κ1) is 9.83. The average molecular weight is 218 g/mol. The lowest BCUT2D eigenvalue weighted by molar-refractivity contribution is 0.341. The number of nitrogens with zero attached hydrogens (tertiary/aromatic N) is 1. The second-order valence-electron chi connectivity index (χ2n) is 4.21. The van der Waals surface area contributed by atoms with Gasteiger partial charge in [-0.2, -0.15) is 4.67 Å². The third kappa shape index (κ3) is 1.45. The lowest BCUT2D eigenvalue weighted by Gasteiger charge is -2.36. The van der Waals surface area contributed by atoms with Gasteiger partial charge in [-0.25, -0.2) is 7.57 Å². The summed E-state index contributed by atoms with van der Waals surface area (Å²) in [6.07, 6.45) is 2.51. The van der Waals surface area contributed by atoms with Crippen LogP contribution in [-0.4, -0.2) is 31.4 Å². The molecule has 4 heteroatoms. The Morgan fingerprint density at radius 2 is 2.13 bits per heavy atom. The highest BCUT2D eigenvalue weighted by Gasteiger charge is 2.46. The summed E-state index contributed by atoms with van der Waals surface area (Å²) in [7, 11) is 4.54. The van der Waals surface area contributed by atoms with Crippen LogP contribution < -0.4 is 5.30 Å². The molecular formula is C11H14BNOP. The van der Waals surface area contributed by atoms with Crippen LogP contribution in [0.5, 0.6) is 0 Å². The van der Waals surface area contributed by atoms with E-state index >= 15 is 0 Å². The van der Waals surface area contributed by atoms with E-state index in [1.54, 1.807) is 0 Å². The molecule has 2 saturated heterocycles. The zero-order valence-electron chi connectivity index (χ0n) is 8.67. The quantitative estimate of drug-likeness (QED) is 0.525. The predicted octanol–water partition coefficient (Wildman–Crippen LogP) is 1.74. The monoisotopic (exact) mass is 218 g/mol. The van der Waals surface area contributed by atoms with Crippen LogP contribution in [-0.2, 0) is 4.52 Å². The van der Waals surface area contributed by atoms with Gasteiger partial charge in [-0.05, 0) is 32.5 Å². The van der Waals surface area contributed by atoms with Gasteiger partial charge in [0.15, 0.2) is 0 Å². The third-order valence-electron chi connectivity index (χ3n) is 3.32. The molecule has 0 bridgehead atoms. The van der Waals surface area contributed by atoms with E-state index in [1.165, 1.54) is 18.1 Å². The first-order valence-corrected chi connectivity index (χ1v) is 7.18. The van der Waals surface area contributed by atoms with Crippen molar-refractivity contribution in [3.05, 3.63) is 30.3 Å². The summed E-state index contributed by atoms with van der Waals surface area (Å²) in [6.45, 7) is 1.92. The summed E-state index contributed by atoms with van der Waals surface area (Å²) in [5.74, 6) is 0. The van der Waals surface area contributed by atoms with E-state index in [-0.39, 0.29) is 0 Å². The Morgan fingerprint density at radius 1 is 1.33 bits per heavy atom. The molecule has 0 spiro atoms. The highest BCUT2D eigenvalue weighted by molar-refractivity contribution is 7.97. The molecule has 0 amide bonds. The summed E-state index contributed by atoms with van der Waals surface area (Å²) in [4.78, 5) is 0. The SMILES string of the molecule is [B-][P+]1(c2ccccc2)OC[C@@H]2CCCN21. The Labute approximate surface area is 92.5 Å². The summed E-state index contributed by atoms with van der Waals surface area (Å²) in [5, 5.41) is 1.18. The maximum atomic E-state index is 6.48. The molecule has 3 radical (unpaired) electrons. The molecule has 1 aromatic rings. The van der Waals surface area contributed by atoms with Crippen LogP contribution in [0.4, 0.5) is 0 Å².